The Morgan fingerprint density at radius 3 is 2.47 bits per heavy atom. The van der Waals surface area contributed by atoms with Crippen molar-refractivity contribution >= 4 is 23.2 Å². The minimum Gasteiger partial charge on any atom is -0.486 e. The van der Waals surface area contributed by atoms with Crippen molar-refractivity contribution in [1.29, 1.82) is 0 Å². The van der Waals surface area contributed by atoms with E-state index in [2.05, 4.69) is 23.2 Å². The molecule has 4 aromatic rings. The maximum absolute atomic E-state index is 13.6. The Kier molecular flexibility index (Phi) is 7.56. The molecule has 194 valence electrons. The van der Waals surface area contributed by atoms with Gasteiger partial charge in [0.25, 0.3) is 11.8 Å². The summed E-state index contributed by atoms with van der Waals surface area (Å²) in [7, 11) is 1.78. The fourth-order valence-corrected chi connectivity index (χ4v) is 5.36. The van der Waals surface area contributed by atoms with Gasteiger partial charge in [-0.15, -0.1) is 11.3 Å². The number of carbonyl (C=O) groups is 2. The Morgan fingerprint density at radius 1 is 1.05 bits per heavy atom. The lowest BCUT2D eigenvalue weighted by molar-refractivity contribution is 0.0693. The SMILES string of the molecule is CC(C)N(C)C(=O)c1csc(COc2ccc3c(c2)C(c2ccccc2)N(C(=O)c2ccccc2)CC3)n1. The van der Waals surface area contributed by atoms with Gasteiger partial charge < -0.3 is 14.5 Å². The van der Waals surface area contributed by atoms with Crippen molar-refractivity contribution in [2.45, 2.75) is 39.0 Å². The molecule has 7 heteroatoms. The van der Waals surface area contributed by atoms with Gasteiger partial charge in [0.05, 0.1) is 6.04 Å². The summed E-state index contributed by atoms with van der Waals surface area (Å²) < 4.78 is 6.14. The molecule has 2 amide bonds. The number of ether oxygens (including phenoxy) is 1. The van der Waals surface area contributed by atoms with Crippen LogP contribution in [0, 0.1) is 0 Å². The fraction of sp³-hybridized carbons (Fsp3) is 0.258. The molecule has 1 aromatic heterocycles. The van der Waals surface area contributed by atoms with Gasteiger partial charge in [-0.2, -0.15) is 0 Å². The Balaban J connectivity index is 1.40. The van der Waals surface area contributed by atoms with Crippen LogP contribution in [0.15, 0.2) is 84.2 Å². The number of aromatic nitrogens is 1. The van der Waals surface area contributed by atoms with Gasteiger partial charge in [0.15, 0.2) is 0 Å². The molecule has 0 fully saturated rings. The average molecular weight is 526 g/mol. The van der Waals surface area contributed by atoms with Crippen LogP contribution in [0.4, 0.5) is 0 Å². The monoisotopic (exact) mass is 525 g/mol. The second-order valence-corrected chi connectivity index (χ2v) is 10.7. The van der Waals surface area contributed by atoms with Gasteiger partial charge in [0, 0.05) is 30.6 Å². The highest BCUT2D eigenvalue weighted by atomic mass is 32.1. The molecule has 1 aliphatic heterocycles. The third-order valence-corrected chi connectivity index (χ3v) is 7.79. The van der Waals surface area contributed by atoms with Crippen molar-refractivity contribution in [3.63, 3.8) is 0 Å². The van der Waals surface area contributed by atoms with Gasteiger partial charge in [-0.25, -0.2) is 4.98 Å². The minimum absolute atomic E-state index is 0.0165. The van der Waals surface area contributed by atoms with E-state index in [9.17, 15) is 9.59 Å². The van der Waals surface area contributed by atoms with Crippen LogP contribution in [0.25, 0.3) is 0 Å². The number of hydrogen-bond acceptors (Lipinski definition) is 5. The molecule has 0 spiro atoms. The summed E-state index contributed by atoms with van der Waals surface area (Å²) in [6.07, 6.45) is 0.777. The number of thiazole rings is 1. The fourth-order valence-electron chi connectivity index (χ4n) is 4.68. The predicted octanol–water partition coefficient (Wildman–Crippen LogP) is 5.99. The van der Waals surface area contributed by atoms with Crippen LogP contribution < -0.4 is 4.74 Å². The molecule has 1 atom stereocenters. The van der Waals surface area contributed by atoms with Gasteiger partial charge in [-0.1, -0.05) is 54.6 Å². The van der Waals surface area contributed by atoms with Crippen molar-refractivity contribution in [3.05, 3.63) is 117 Å². The number of rotatable bonds is 7. The number of hydrogen-bond donors (Lipinski definition) is 0. The van der Waals surface area contributed by atoms with Gasteiger partial charge >= 0.3 is 0 Å². The summed E-state index contributed by atoms with van der Waals surface area (Å²) in [6, 6.07) is 25.6. The van der Waals surface area contributed by atoms with Crippen LogP contribution in [-0.4, -0.2) is 46.2 Å². The summed E-state index contributed by atoms with van der Waals surface area (Å²) in [6.45, 7) is 4.86. The van der Waals surface area contributed by atoms with Crippen molar-refractivity contribution in [2.75, 3.05) is 13.6 Å². The van der Waals surface area contributed by atoms with Crippen molar-refractivity contribution in [3.8, 4) is 5.75 Å². The van der Waals surface area contributed by atoms with E-state index in [0.717, 1.165) is 22.6 Å². The summed E-state index contributed by atoms with van der Waals surface area (Å²) in [5.41, 5.74) is 4.46. The quantitative estimate of drug-likeness (QED) is 0.297. The van der Waals surface area contributed by atoms with E-state index in [1.165, 1.54) is 16.9 Å². The molecule has 6 nitrogen and oxygen atoms in total. The lowest BCUT2D eigenvalue weighted by atomic mass is 9.87. The Labute approximate surface area is 227 Å². The lowest BCUT2D eigenvalue weighted by Crippen LogP contribution is -2.40. The second-order valence-electron chi connectivity index (χ2n) is 9.71. The number of benzene rings is 3. The van der Waals surface area contributed by atoms with E-state index in [0.29, 0.717) is 23.6 Å². The van der Waals surface area contributed by atoms with Crippen LogP contribution in [0.1, 0.15) is 62.4 Å². The van der Waals surface area contributed by atoms with E-state index in [1.807, 2.05) is 79.4 Å². The molecule has 5 rings (SSSR count). The van der Waals surface area contributed by atoms with Crippen LogP contribution in [0.2, 0.25) is 0 Å². The van der Waals surface area contributed by atoms with Crippen LogP contribution >= 0.6 is 11.3 Å². The largest absolute Gasteiger partial charge is 0.486 e. The number of fused-ring (bicyclic) bond motifs is 1. The molecular weight excluding hydrogens is 494 g/mol. The van der Waals surface area contributed by atoms with Crippen molar-refractivity contribution in [1.82, 2.24) is 14.8 Å². The minimum atomic E-state index is -0.216. The van der Waals surface area contributed by atoms with E-state index in [1.54, 1.807) is 17.3 Å². The van der Waals surface area contributed by atoms with E-state index >= 15 is 0 Å². The Hall–Kier alpha value is -3.97. The first kappa shape index (κ1) is 25.7. The maximum Gasteiger partial charge on any atom is 0.273 e. The summed E-state index contributed by atoms with van der Waals surface area (Å²) in [5.74, 6) is 0.633. The molecule has 0 N–H and O–H groups in total. The predicted molar refractivity (Wildman–Crippen MR) is 150 cm³/mol. The normalized spacial score (nSPS) is 14.7. The number of nitrogens with zero attached hydrogens (tertiary/aromatic N) is 3. The van der Waals surface area contributed by atoms with Crippen molar-refractivity contribution < 1.29 is 14.3 Å². The van der Waals surface area contributed by atoms with Crippen LogP contribution in [0.5, 0.6) is 5.75 Å². The summed E-state index contributed by atoms with van der Waals surface area (Å²) in [4.78, 5) is 34.3. The molecular formula is C31H31N3O3S. The van der Waals surface area contributed by atoms with Gasteiger partial charge in [-0.3, -0.25) is 9.59 Å². The van der Waals surface area contributed by atoms with E-state index in [-0.39, 0.29) is 30.5 Å². The first-order chi connectivity index (χ1) is 18.4. The average Bonchev–Trinajstić information content (AvgIpc) is 3.44. The number of carbonyl (C=O) groups excluding carboxylic acids is 2. The first-order valence-corrected chi connectivity index (χ1v) is 13.7. The van der Waals surface area contributed by atoms with E-state index < -0.39 is 0 Å². The highest BCUT2D eigenvalue weighted by Crippen LogP contribution is 2.38. The molecule has 0 aliphatic carbocycles. The highest BCUT2D eigenvalue weighted by molar-refractivity contribution is 7.09. The van der Waals surface area contributed by atoms with Gasteiger partial charge in [-0.05, 0) is 61.2 Å². The Bertz CT molecular complexity index is 1420. The zero-order valence-corrected chi connectivity index (χ0v) is 22.7. The van der Waals surface area contributed by atoms with Gasteiger partial charge in [0.2, 0.25) is 0 Å². The Morgan fingerprint density at radius 2 is 1.76 bits per heavy atom. The zero-order valence-electron chi connectivity index (χ0n) is 21.8. The second kappa shape index (κ2) is 11.2. The molecule has 0 saturated carbocycles. The number of amides is 2. The van der Waals surface area contributed by atoms with Gasteiger partial charge in [0.1, 0.15) is 23.1 Å². The molecule has 0 saturated heterocycles. The third-order valence-electron chi connectivity index (χ3n) is 6.97. The summed E-state index contributed by atoms with van der Waals surface area (Å²) in [5, 5.41) is 2.52. The topological polar surface area (TPSA) is 62.7 Å². The van der Waals surface area contributed by atoms with E-state index in [4.69, 9.17) is 4.74 Å². The molecule has 2 heterocycles. The molecule has 3 aromatic carbocycles. The molecule has 1 unspecified atom stereocenters. The maximum atomic E-state index is 13.6. The standard InChI is InChI=1S/C31H31N3O3S/c1-21(2)33(3)31(36)27-20-38-28(32-27)19-37-25-15-14-22-16-17-34(30(35)24-12-8-5-9-13-24)29(26(22)18-25)23-10-6-4-7-11-23/h4-15,18,20-21,29H,16-17,19H2,1-3H3. The lowest BCUT2D eigenvalue weighted by Gasteiger charge is -2.38. The first-order valence-electron chi connectivity index (χ1n) is 12.8. The molecule has 38 heavy (non-hydrogen) atoms. The molecule has 0 radical (unpaired) electrons. The van der Waals surface area contributed by atoms with Crippen LogP contribution in [0.3, 0.4) is 0 Å². The zero-order chi connectivity index (χ0) is 26.6. The summed E-state index contributed by atoms with van der Waals surface area (Å²) >= 11 is 1.42. The van der Waals surface area contributed by atoms with Crippen LogP contribution in [-0.2, 0) is 13.0 Å². The smallest absolute Gasteiger partial charge is 0.273 e. The third kappa shape index (κ3) is 5.34. The van der Waals surface area contributed by atoms with Crippen molar-refractivity contribution in [2.24, 2.45) is 0 Å². The molecule has 1 aliphatic rings. The highest BCUT2D eigenvalue weighted by Gasteiger charge is 2.33. The molecule has 0 bridgehead atoms.